The van der Waals surface area contributed by atoms with E-state index in [2.05, 4.69) is 0 Å². The molecule has 1 aliphatic rings. The number of phenolic OH excluding ortho intramolecular Hbond substituents is 1. The largest absolute Gasteiger partial charge is 0.508 e. The molecule has 6 heteroatoms. The van der Waals surface area contributed by atoms with Crippen molar-refractivity contribution < 1.29 is 18.3 Å². The van der Waals surface area contributed by atoms with Crippen molar-refractivity contribution in [3.05, 3.63) is 24.3 Å². The van der Waals surface area contributed by atoms with Crippen molar-refractivity contribution >= 4 is 16.3 Å². The molecule has 0 bridgehead atoms. The summed E-state index contributed by atoms with van der Waals surface area (Å²) in [4.78, 5) is 11.1. The van der Waals surface area contributed by atoms with Crippen LogP contribution < -0.4 is 0 Å². The highest BCUT2D eigenvalue weighted by Gasteiger charge is 2.33. The molecule has 0 aromatic heterocycles. The van der Waals surface area contributed by atoms with E-state index in [0.717, 1.165) is 12.8 Å². The van der Waals surface area contributed by atoms with Gasteiger partial charge in [0.1, 0.15) is 12.0 Å². The molecule has 1 saturated heterocycles. The van der Waals surface area contributed by atoms with E-state index in [1.807, 2.05) is 13.8 Å². The second-order valence-electron chi connectivity index (χ2n) is 4.31. The summed E-state index contributed by atoms with van der Waals surface area (Å²) in [5.74, 6) is 0.0135. The lowest BCUT2D eigenvalue weighted by Crippen LogP contribution is -2.44. The first-order valence-electron chi connectivity index (χ1n) is 6.82. The fraction of sp³-hybridized carbons (Fsp3) is 0.500. The van der Waals surface area contributed by atoms with Crippen molar-refractivity contribution in [2.75, 3.05) is 6.54 Å². The van der Waals surface area contributed by atoms with Crippen LogP contribution in [0.3, 0.4) is 0 Å². The van der Waals surface area contributed by atoms with Gasteiger partial charge in [-0.3, -0.25) is 0 Å². The maximum atomic E-state index is 12.4. The van der Waals surface area contributed by atoms with Crippen LogP contribution in [0.4, 0.5) is 0 Å². The number of carbonyl (C=O) groups is 1. The summed E-state index contributed by atoms with van der Waals surface area (Å²) in [5, 5.41) is 9.17. The van der Waals surface area contributed by atoms with Crippen molar-refractivity contribution in [2.45, 2.75) is 44.0 Å². The molecule has 0 radical (unpaired) electrons. The number of piperidine rings is 1. The molecule has 5 nitrogen and oxygen atoms in total. The predicted molar refractivity (Wildman–Crippen MR) is 77.0 cm³/mol. The first-order valence-corrected chi connectivity index (χ1v) is 8.26. The fourth-order valence-electron chi connectivity index (χ4n) is 2.12. The predicted octanol–water partition coefficient (Wildman–Crippen LogP) is 2.16. The number of hydrogen-bond acceptors (Lipinski definition) is 4. The molecule has 1 unspecified atom stereocenters. The van der Waals surface area contributed by atoms with Crippen LogP contribution in [-0.2, 0) is 14.8 Å². The van der Waals surface area contributed by atoms with Gasteiger partial charge in [-0.1, -0.05) is 20.3 Å². The monoisotopic (exact) mass is 299 g/mol. The molecule has 1 aromatic carbocycles. The summed E-state index contributed by atoms with van der Waals surface area (Å²) >= 11 is 0. The van der Waals surface area contributed by atoms with Gasteiger partial charge in [0.2, 0.25) is 10.0 Å². The van der Waals surface area contributed by atoms with E-state index in [9.17, 15) is 13.2 Å². The van der Waals surface area contributed by atoms with Crippen molar-refractivity contribution in [3.8, 4) is 5.75 Å². The summed E-state index contributed by atoms with van der Waals surface area (Å²) < 4.78 is 26.0. The summed E-state index contributed by atoms with van der Waals surface area (Å²) in [5.41, 5.74) is 0. The molecular formula is C14H21NO4S. The van der Waals surface area contributed by atoms with Crippen LogP contribution in [0.5, 0.6) is 5.75 Å². The Labute approximate surface area is 120 Å². The number of carbonyl (C=O) groups excluding carboxylic acids is 1. The topological polar surface area (TPSA) is 74.7 Å². The van der Waals surface area contributed by atoms with Crippen molar-refractivity contribution in [3.63, 3.8) is 0 Å². The smallest absolute Gasteiger partial charge is 0.243 e. The second kappa shape index (κ2) is 7.40. The summed E-state index contributed by atoms with van der Waals surface area (Å²) in [7, 11) is -3.65. The number of nitrogens with zero attached hydrogens (tertiary/aromatic N) is 1. The molecule has 112 valence electrons. The third-order valence-corrected chi connectivity index (χ3v) is 5.04. The number of rotatable bonds is 3. The van der Waals surface area contributed by atoms with Crippen LogP contribution in [-0.4, -0.2) is 36.7 Å². The Bertz CT molecular complexity index is 525. The summed E-state index contributed by atoms with van der Waals surface area (Å²) in [6.07, 6.45) is 2.89. The molecule has 1 fully saturated rings. The van der Waals surface area contributed by atoms with E-state index in [0.29, 0.717) is 19.3 Å². The molecule has 0 amide bonds. The lowest BCUT2D eigenvalue weighted by Gasteiger charge is -2.31. The van der Waals surface area contributed by atoms with Crippen molar-refractivity contribution in [2.24, 2.45) is 0 Å². The Morgan fingerprint density at radius 2 is 1.80 bits per heavy atom. The Balaban J connectivity index is 0.000000956. The Kier molecular flexibility index (Phi) is 6.16. The summed E-state index contributed by atoms with van der Waals surface area (Å²) in [6.45, 7) is 4.37. The molecular weight excluding hydrogens is 278 g/mol. The molecule has 0 saturated carbocycles. The molecule has 2 rings (SSSR count). The van der Waals surface area contributed by atoms with E-state index in [4.69, 9.17) is 5.11 Å². The van der Waals surface area contributed by atoms with Crippen LogP contribution in [0.2, 0.25) is 0 Å². The average Bonchev–Trinajstić information content (AvgIpc) is 2.49. The lowest BCUT2D eigenvalue weighted by atomic mass is 10.1. The minimum absolute atomic E-state index is 0.0135. The first kappa shape index (κ1) is 16.7. The quantitative estimate of drug-likeness (QED) is 0.868. The molecule has 20 heavy (non-hydrogen) atoms. The van der Waals surface area contributed by atoms with Crippen LogP contribution in [0.1, 0.15) is 33.1 Å². The van der Waals surface area contributed by atoms with E-state index in [1.54, 1.807) is 0 Å². The molecule has 1 aromatic rings. The van der Waals surface area contributed by atoms with Gasteiger partial charge in [0.25, 0.3) is 0 Å². The Morgan fingerprint density at radius 1 is 1.20 bits per heavy atom. The highest BCUT2D eigenvalue weighted by Crippen LogP contribution is 2.25. The van der Waals surface area contributed by atoms with Gasteiger partial charge in [0, 0.05) is 6.54 Å². The zero-order chi connectivity index (χ0) is 15.2. The van der Waals surface area contributed by atoms with Crippen LogP contribution in [0.25, 0.3) is 0 Å². The van der Waals surface area contributed by atoms with E-state index in [-0.39, 0.29) is 10.6 Å². The number of aldehydes is 1. The first-order chi connectivity index (χ1) is 9.55. The van der Waals surface area contributed by atoms with E-state index < -0.39 is 16.1 Å². The average molecular weight is 299 g/mol. The molecule has 0 aliphatic carbocycles. The molecule has 0 spiro atoms. The maximum absolute atomic E-state index is 12.4. The standard InChI is InChI=1S/C12H15NO4S.C2H6/c14-9-10-3-1-2-8-13(10)18(16,17)12-6-4-11(15)5-7-12;1-2/h4-7,9-10,15H,1-3,8H2;1-2H3. The third-order valence-electron chi connectivity index (χ3n) is 3.10. The lowest BCUT2D eigenvalue weighted by molar-refractivity contribution is -0.111. The zero-order valence-electron chi connectivity index (χ0n) is 11.8. The Morgan fingerprint density at radius 3 is 2.35 bits per heavy atom. The van der Waals surface area contributed by atoms with E-state index in [1.165, 1.54) is 28.6 Å². The number of phenols is 1. The van der Waals surface area contributed by atoms with Gasteiger partial charge >= 0.3 is 0 Å². The van der Waals surface area contributed by atoms with Gasteiger partial charge in [-0.25, -0.2) is 8.42 Å². The van der Waals surface area contributed by atoms with E-state index >= 15 is 0 Å². The van der Waals surface area contributed by atoms with Crippen LogP contribution >= 0.6 is 0 Å². The van der Waals surface area contributed by atoms with Crippen LogP contribution in [0, 0.1) is 0 Å². The van der Waals surface area contributed by atoms with Crippen molar-refractivity contribution in [1.29, 1.82) is 0 Å². The normalized spacial score (nSPS) is 19.8. The van der Waals surface area contributed by atoms with Crippen LogP contribution in [0.15, 0.2) is 29.2 Å². The number of sulfonamides is 1. The maximum Gasteiger partial charge on any atom is 0.243 e. The summed E-state index contributed by atoms with van der Waals surface area (Å²) in [6, 6.07) is 4.78. The fourth-order valence-corrected chi connectivity index (χ4v) is 3.75. The Hall–Kier alpha value is -1.40. The van der Waals surface area contributed by atoms with Crippen molar-refractivity contribution in [1.82, 2.24) is 4.31 Å². The zero-order valence-corrected chi connectivity index (χ0v) is 12.6. The molecule has 1 atom stereocenters. The molecule has 1 heterocycles. The van der Waals surface area contributed by atoms with Gasteiger partial charge in [-0.15, -0.1) is 0 Å². The highest BCUT2D eigenvalue weighted by atomic mass is 32.2. The van der Waals surface area contributed by atoms with Gasteiger partial charge in [0.05, 0.1) is 10.9 Å². The third kappa shape index (κ3) is 3.58. The number of hydrogen-bond donors (Lipinski definition) is 1. The van der Waals surface area contributed by atoms with Gasteiger partial charge in [-0.05, 0) is 37.1 Å². The van der Waals surface area contributed by atoms with Gasteiger partial charge in [0.15, 0.2) is 0 Å². The molecule has 1 N–H and O–H groups in total. The van der Waals surface area contributed by atoms with Gasteiger partial charge in [-0.2, -0.15) is 4.31 Å². The number of benzene rings is 1. The highest BCUT2D eigenvalue weighted by molar-refractivity contribution is 7.89. The SMILES string of the molecule is CC.O=CC1CCCCN1S(=O)(=O)c1ccc(O)cc1. The molecule has 1 aliphatic heterocycles. The minimum atomic E-state index is -3.65. The second-order valence-corrected chi connectivity index (χ2v) is 6.20. The van der Waals surface area contributed by atoms with Gasteiger partial charge < -0.3 is 9.90 Å². The number of aromatic hydroxyl groups is 1. The minimum Gasteiger partial charge on any atom is -0.508 e.